The van der Waals surface area contributed by atoms with E-state index in [2.05, 4.69) is 13.8 Å². The molecule has 3 unspecified atom stereocenters. The van der Waals surface area contributed by atoms with Crippen molar-refractivity contribution in [3.8, 4) is 0 Å². The van der Waals surface area contributed by atoms with Crippen LogP contribution >= 0.6 is 0 Å². The minimum Gasteiger partial charge on any atom is -0.0620 e. The van der Waals surface area contributed by atoms with Crippen LogP contribution in [0.25, 0.3) is 0 Å². The highest BCUT2D eigenvalue weighted by Crippen LogP contribution is 2.58. The zero-order chi connectivity index (χ0) is 14.0. The quantitative estimate of drug-likeness (QED) is 0.533. The summed E-state index contributed by atoms with van der Waals surface area (Å²) in [7, 11) is 0. The maximum atomic E-state index is 2.73. The van der Waals surface area contributed by atoms with Crippen molar-refractivity contribution in [2.75, 3.05) is 0 Å². The summed E-state index contributed by atoms with van der Waals surface area (Å²) >= 11 is 0. The molecule has 3 aliphatic rings. The van der Waals surface area contributed by atoms with Crippen molar-refractivity contribution >= 4 is 0 Å². The third-order valence-electron chi connectivity index (χ3n) is 7.72. The van der Waals surface area contributed by atoms with Gasteiger partial charge in [0.05, 0.1) is 0 Å². The Kier molecular flexibility index (Phi) is 4.78. The minimum absolute atomic E-state index is 0.681. The third kappa shape index (κ3) is 2.69. The largest absolute Gasteiger partial charge is 0.0620 e. The van der Waals surface area contributed by atoms with Gasteiger partial charge < -0.3 is 0 Å². The van der Waals surface area contributed by atoms with E-state index in [1.54, 1.807) is 32.1 Å². The molecular weight excluding hydrogens is 240 g/mol. The highest BCUT2D eigenvalue weighted by atomic mass is 14.5. The first-order chi connectivity index (χ1) is 9.73. The van der Waals surface area contributed by atoms with Crippen LogP contribution in [0.2, 0.25) is 0 Å². The molecule has 3 saturated carbocycles. The van der Waals surface area contributed by atoms with Crippen LogP contribution in [0, 0.1) is 29.1 Å². The van der Waals surface area contributed by atoms with Gasteiger partial charge in [-0.2, -0.15) is 0 Å². The lowest BCUT2D eigenvalue weighted by atomic mass is 9.50. The lowest BCUT2D eigenvalue weighted by molar-refractivity contribution is -0.0599. The van der Waals surface area contributed by atoms with E-state index in [4.69, 9.17) is 0 Å². The van der Waals surface area contributed by atoms with E-state index >= 15 is 0 Å². The lowest BCUT2D eigenvalue weighted by Gasteiger charge is -2.55. The molecular formula is C20H36. The molecule has 0 N–H and O–H groups in total. The highest BCUT2D eigenvalue weighted by Gasteiger charge is 2.49. The number of hydrogen-bond donors (Lipinski definition) is 0. The van der Waals surface area contributed by atoms with Crippen LogP contribution in [-0.4, -0.2) is 0 Å². The van der Waals surface area contributed by atoms with Gasteiger partial charge in [0, 0.05) is 0 Å². The molecule has 0 saturated heterocycles. The summed E-state index contributed by atoms with van der Waals surface area (Å²) in [5, 5.41) is 0. The van der Waals surface area contributed by atoms with Gasteiger partial charge >= 0.3 is 0 Å². The standard InChI is InChI=1S/C20H36/c1-16-10-9-15-19(17-11-5-3-6-12-17)20(16,2)18-13-7-4-8-14-18/h16-19H,3-15H2,1-2H3. The van der Waals surface area contributed by atoms with Gasteiger partial charge in [-0.15, -0.1) is 0 Å². The Hall–Kier alpha value is 0. The summed E-state index contributed by atoms with van der Waals surface area (Å²) in [6.45, 7) is 5.33. The average Bonchev–Trinajstić information content (AvgIpc) is 2.52. The maximum Gasteiger partial charge on any atom is -0.0241 e. The van der Waals surface area contributed by atoms with Crippen molar-refractivity contribution < 1.29 is 0 Å². The van der Waals surface area contributed by atoms with E-state index in [9.17, 15) is 0 Å². The summed E-state index contributed by atoms with van der Waals surface area (Å²) in [5.74, 6) is 4.18. The Labute approximate surface area is 127 Å². The molecule has 0 heteroatoms. The van der Waals surface area contributed by atoms with Crippen molar-refractivity contribution in [1.29, 1.82) is 0 Å². The molecule has 3 fully saturated rings. The fourth-order valence-electron chi connectivity index (χ4n) is 6.34. The minimum atomic E-state index is 0.681. The second-order valence-electron chi connectivity index (χ2n) is 8.54. The van der Waals surface area contributed by atoms with E-state index < -0.39 is 0 Å². The Bertz CT molecular complexity index is 295. The topological polar surface area (TPSA) is 0 Å². The third-order valence-corrected chi connectivity index (χ3v) is 7.72. The van der Waals surface area contributed by atoms with Gasteiger partial charge in [0.15, 0.2) is 0 Å². The predicted octanol–water partition coefficient (Wildman–Crippen LogP) is 6.59. The summed E-state index contributed by atoms with van der Waals surface area (Å²) in [6, 6.07) is 0. The van der Waals surface area contributed by atoms with Crippen molar-refractivity contribution in [3.05, 3.63) is 0 Å². The normalized spacial score (nSPS) is 41.7. The highest BCUT2D eigenvalue weighted by molar-refractivity contribution is 4.98. The number of hydrogen-bond acceptors (Lipinski definition) is 0. The summed E-state index contributed by atoms with van der Waals surface area (Å²) in [6.07, 6.45) is 19.9. The van der Waals surface area contributed by atoms with E-state index in [1.807, 2.05) is 0 Å². The van der Waals surface area contributed by atoms with Gasteiger partial charge in [-0.25, -0.2) is 0 Å². The molecule has 0 spiro atoms. The predicted molar refractivity (Wildman–Crippen MR) is 87.8 cm³/mol. The van der Waals surface area contributed by atoms with E-state index in [1.165, 1.54) is 51.4 Å². The summed E-state index contributed by atoms with van der Waals surface area (Å²) < 4.78 is 0. The summed E-state index contributed by atoms with van der Waals surface area (Å²) in [4.78, 5) is 0. The van der Waals surface area contributed by atoms with Gasteiger partial charge in [0.2, 0.25) is 0 Å². The van der Waals surface area contributed by atoms with Gasteiger partial charge in [0.1, 0.15) is 0 Å². The van der Waals surface area contributed by atoms with Crippen molar-refractivity contribution in [2.24, 2.45) is 29.1 Å². The van der Waals surface area contributed by atoms with Crippen LogP contribution in [0.5, 0.6) is 0 Å². The van der Waals surface area contributed by atoms with Gasteiger partial charge in [-0.1, -0.05) is 78.1 Å². The molecule has 0 bridgehead atoms. The molecule has 0 aromatic heterocycles. The Morgan fingerprint density at radius 1 is 0.650 bits per heavy atom. The van der Waals surface area contributed by atoms with Gasteiger partial charge in [0.25, 0.3) is 0 Å². The fraction of sp³-hybridized carbons (Fsp3) is 1.00. The maximum absolute atomic E-state index is 2.73. The molecule has 0 amide bonds. The number of rotatable bonds is 2. The fourth-order valence-corrected chi connectivity index (χ4v) is 6.34. The Morgan fingerprint density at radius 3 is 1.90 bits per heavy atom. The average molecular weight is 277 g/mol. The van der Waals surface area contributed by atoms with E-state index in [-0.39, 0.29) is 0 Å². The first-order valence-corrected chi connectivity index (χ1v) is 9.73. The molecule has 20 heavy (non-hydrogen) atoms. The van der Waals surface area contributed by atoms with Crippen molar-refractivity contribution in [3.63, 3.8) is 0 Å². The van der Waals surface area contributed by atoms with Gasteiger partial charge in [-0.05, 0) is 48.3 Å². The summed E-state index contributed by atoms with van der Waals surface area (Å²) in [5.41, 5.74) is 0.681. The Balaban J connectivity index is 1.80. The molecule has 116 valence electrons. The smallest absolute Gasteiger partial charge is 0.0241 e. The monoisotopic (exact) mass is 276 g/mol. The first-order valence-electron chi connectivity index (χ1n) is 9.73. The Morgan fingerprint density at radius 2 is 1.25 bits per heavy atom. The molecule has 0 radical (unpaired) electrons. The second-order valence-corrected chi connectivity index (χ2v) is 8.54. The molecule has 0 aromatic carbocycles. The molecule has 0 nitrogen and oxygen atoms in total. The molecule has 0 heterocycles. The lowest BCUT2D eigenvalue weighted by Crippen LogP contribution is -2.47. The zero-order valence-electron chi connectivity index (χ0n) is 14.0. The van der Waals surface area contributed by atoms with Crippen molar-refractivity contribution in [1.82, 2.24) is 0 Å². The van der Waals surface area contributed by atoms with E-state index in [0.29, 0.717) is 5.41 Å². The van der Waals surface area contributed by atoms with Crippen LogP contribution in [0.1, 0.15) is 97.3 Å². The molecule has 3 rings (SSSR count). The SMILES string of the molecule is CC1CCCC(C2CCCCC2)C1(C)C1CCCCC1. The second kappa shape index (κ2) is 6.41. The van der Waals surface area contributed by atoms with Crippen LogP contribution < -0.4 is 0 Å². The molecule has 3 atom stereocenters. The molecule has 0 aliphatic heterocycles. The van der Waals surface area contributed by atoms with Gasteiger partial charge in [-0.3, -0.25) is 0 Å². The van der Waals surface area contributed by atoms with E-state index in [0.717, 1.165) is 23.7 Å². The molecule has 3 aliphatic carbocycles. The van der Waals surface area contributed by atoms with Crippen LogP contribution in [0.4, 0.5) is 0 Å². The molecule has 0 aromatic rings. The van der Waals surface area contributed by atoms with Crippen LogP contribution in [-0.2, 0) is 0 Å². The zero-order valence-corrected chi connectivity index (χ0v) is 14.0. The van der Waals surface area contributed by atoms with Crippen LogP contribution in [0.15, 0.2) is 0 Å². The van der Waals surface area contributed by atoms with Crippen LogP contribution in [0.3, 0.4) is 0 Å². The first kappa shape index (κ1) is 14.9. The van der Waals surface area contributed by atoms with Crippen molar-refractivity contribution in [2.45, 2.75) is 97.3 Å².